The van der Waals surface area contributed by atoms with E-state index >= 15 is 0 Å². The van der Waals surface area contributed by atoms with Gasteiger partial charge in [0, 0.05) is 6.04 Å². The van der Waals surface area contributed by atoms with Gasteiger partial charge in [0.15, 0.2) is 0 Å². The van der Waals surface area contributed by atoms with Gasteiger partial charge in [0.2, 0.25) is 0 Å². The van der Waals surface area contributed by atoms with Crippen molar-refractivity contribution in [2.24, 2.45) is 5.41 Å². The summed E-state index contributed by atoms with van der Waals surface area (Å²) in [7, 11) is 2.09. The van der Waals surface area contributed by atoms with Crippen LogP contribution in [-0.4, -0.2) is 13.1 Å². The van der Waals surface area contributed by atoms with Crippen LogP contribution in [0, 0.1) is 5.41 Å². The van der Waals surface area contributed by atoms with E-state index in [0.29, 0.717) is 5.41 Å². The lowest BCUT2D eigenvalue weighted by molar-refractivity contribution is 0.334. The Morgan fingerprint density at radius 2 is 1.92 bits per heavy atom. The highest BCUT2D eigenvalue weighted by atomic mass is 14.9. The summed E-state index contributed by atoms with van der Waals surface area (Å²) >= 11 is 0. The summed E-state index contributed by atoms with van der Waals surface area (Å²) in [6.45, 7) is 4.62. The fraction of sp³-hybridized carbons (Fsp3) is 1.00. The van der Waals surface area contributed by atoms with Gasteiger partial charge in [-0.2, -0.15) is 0 Å². The van der Waals surface area contributed by atoms with Gasteiger partial charge in [-0.25, -0.2) is 0 Å². The summed E-state index contributed by atoms with van der Waals surface area (Å²) in [4.78, 5) is 0. The molecule has 0 aromatic heterocycles. The van der Waals surface area contributed by atoms with Crippen molar-refractivity contribution in [2.45, 2.75) is 64.8 Å². The zero-order valence-electron chi connectivity index (χ0n) is 9.53. The molecular formula is C12H25N. The molecule has 13 heavy (non-hydrogen) atoms. The third kappa shape index (κ3) is 2.98. The number of nitrogens with one attached hydrogen (secondary N) is 1. The fourth-order valence-electron chi connectivity index (χ4n) is 2.27. The average Bonchev–Trinajstić information content (AvgIpc) is 2.92. The van der Waals surface area contributed by atoms with Crippen LogP contribution < -0.4 is 5.32 Å². The molecule has 0 amide bonds. The predicted molar refractivity (Wildman–Crippen MR) is 58.9 cm³/mol. The zero-order chi connectivity index (χ0) is 9.73. The van der Waals surface area contributed by atoms with Crippen molar-refractivity contribution in [3.05, 3.63) is 0 Å². The van der Waals surface area contributed by atoms with Crippen molar-refractivity contribution in [1.82, 2.24) is 5.32 Å². The number of unbranched alkanes of at least 4 members (excludes halogenated alkanes) is 3. The van der Waals surface area contributed by atoms with Gasteiger partial charge in [-0.05, 0) is 38.6 Å². The fourth-order valence-corrected chi connectivity index (χ4v) is 2.27. The minimum Gasteiger partial charge on any atom is -0.317 e. The first kappa shape index (κ1) is 11.0. The van der Waals surface area contributed by atoms with Crippen molar-refractivity contribution >= 4 is 0 Å². The van der Waals surface area contributed by atoms with Gasteiger partial charge < -0.3 is 5.32 Å². The van der Waals surface area contributed by atoms with E-state index in [4.69, 9.17) is 0 Å². The number of rotatable bonds is 7. The second kappa shape index (κ2) is 4.99. The van der Waals surface area contributed by atoms with Crippen molar-refractivity contribution in [1.29, 1.82) is 0 Å². The summed E-state index contributed by atoms with van der Waals surface area (Å²) in [6.07, 6.45) is 10.0. The molecule has 1 fully saturated rings. The van der Waals surface area contributed by atoms with Crippen molar-refractivity contribution in [3.8, 4) is 0 Å². The van der Waals surface area contributed by atoms with Gasteiger partial charge in [-0.15, -0.1) is 0 Å². The summed E-state index contributed by atoms with van der Waals surface area (Å²) in [5.41, 5.74) is 0.697. The maximum atomic E-state index is 3.41. The Balaban J connectivity index is 2.12. The molecule has 0 bridgehead atoms. The molecule has 1 atom stereocenters. The monoisotopic (exact) mass is 183 g/mol. The van der Waals surface area contributed by atoms with Gasteiger partial charge >= 0.3 is 0 Å². The quantitative estimate of drug-likeness (QED) is 0.597. The second-order valence-electron chi connectivity index (χ2n) is 4.68. The molecule has 1 aliphatic rings. The van der Waals surface area contributed by atoms with Crippen LogP contribution in [0.3, 0.4) is 0 Å². The molecule has 1 aliphatic carbocycles. The SMILES string of the molecule is CCCCCCC1(C(C)NC)CC1. The highest BCUT2D eigenvalue weighted by Crippen LogP contribution is 2.52. The van der Waals surface area contributed by atoms with E-state index < -0.39 is 0 Å². The van der Waals surface area contributed by atoms with Crippen LogP contribution in [0.2, 0.25) is 0 Å². The molecule has 1 unspecified atom stereocenters. The van der Waals surface area contributed by atoms with Crippen LogP contribution in [0.1, 0.15) is 58.8 Å². The van der Waals surface area contributed by atoms with Crippen molar-refractivity contribution in [2.75, 3.05) is 7.05 Å². The van der Waals surface area contributed by atoms with E-state index in [1.54, 1.807) is 0 Å². The minimum atomic E-state index is 0.697. The van der Waals surface area contributed by atoms with E-state index in [0.717, 1.165) is 6.04 Å². The van der Waals surface area contributed by atoms with Gasteiger partial charge in [0.1, 0.15) is 0 Å². The van der Waals surface area contributed by atoms with Crippen molar-refractivity contribution in [3.63, 3.8) is 0 Å². The molecular weight excluding hydrogens is 158 g/mol. The average molecular weight is 183 g/mol. The molecule has 0 aliphatic heterocycles. The molecule has 0 spiro atoms. The maximum Gasteiger partial charge on any atom is 0.00921 e. The van der Waals surface area contributed by atoms with Gasteiger partial charge in [0.25, 0.3) is 0 Å². The predicted octanol–water partition coefficient (Wildman–Crippen LogP) is 3.34. The normalized spacial score (nSPS) is 21.5. The third-order valence-corrected chi connectivity index (χ3v) is 3.77. The maximum absolute atomic E-state index is 3.41. The summed E-state index contributed by atoms with van der Waals surface area (Å²) in [6, 6.07) is 0.731. The summed E-state index contributed by atoms with van der Waals surface area (Å²) in [5.74, 6) is 0. The largest absolute Gasteiger partial charge is 0.317 e. The molecule has 0 aromatic carbocycles. The Kier molecular flexibility index (Phi) is 4.24. The first-order valence-corrected chi connectivity index (χ1v) is 5.92. The Labute approximate surface area is 83.3 Å². The molecule has 1 rings (SSSR count). The highest BCUT2D eigenvalue weighted by molar-refractivity contribution is 4.99. The number of hydrogen-bond donors (Lipinski definition) is 1. The minimum absolute atomic E-state index is 0.697. The van der Waals surface area contributed by atoms with E-state index in [-0.39, 0.29) is 0 Å². The lowest BCUT2D eigenvalue weighted by atomic mass is 9.91. The third-order valence-electron chi connectivity index (χ3n) is 3.77. The Hall–Kier alpha value is -0.0400. The Bertz CT molecular complexity index is 138. The topological polar surface area (TPSA) is 12.0 Å². The molecule has 0 saturated heterocycles. The zero-order valence-corrected chi connectivity index (χ0v) is 9.53. The molecule has 1 N–H and O–H groups in total. The molecule has 1 nitrogen and oxygen atoms in total. The Morgan fingerprint density at radius 1 is 1.23 bits per heavy atom. The smallest absolute Gasteiger partial charge is 0.00921 e. The van der Waals surface area contributed by atoms with Crippen molar-refractivity contribution < 1.29 is 0 Å². The van der Waals surface area contributed by atoms with E-state index in [2.05, 4.69) is 26.2 Å². The molecule has 0 aromatic rings. The summed E-state index contributed by atoms with van der Waals surface area (Å²) in [5, 5.41) is 3.41. The van der Waals surface area contributed by atoms with E-state index in [1.807, 2.05) is 0 Å². The highest BCUT2D eigenvalue weighted by Gasteiger charge is 2.45. The Morgan fingerprint density at radius 3 is 2.38 bits per heavy atom. The van der Waals surface area contributed by atoms with Crippen LogP contribution >= 0.6 is 0 Å². The molecule has 1 heteroatoms. The second-order valence-corrected chi connectivity index (χ2v) is 4.68. The van der Waals surface area contributed by atoms with Crippen LogP contribution in [-0.2, 0) is 0 Å². The lowest BCUT2D eigenvalue weighted by Gasteiger charge is -2.22. The molecule has 0 radical (unpaired) electrons. The molecule has 78 valence electrons. The van der Waals surface area contributed by atoms with Crippen LogP contribution in [0.25, 0.3) is 0 Å². The first-order chi connectivity index (χ1) is 6.25. The first-order valence-electron chi connectivity index (χ1n) is 5.92. The van der Waals surface area contributed by atoms with Gasteiger partial charge in [-0.3, -0.25) is 0 Å². The lowest BCUT2D eigenvalue weighted by Crippen LogP contribution is -2.31. The van der Waals surface area contributed by atoms with E-state index in [1.165, 1.54) is 44.9 Å². The van der Waals surface area contributed by atoms with Gasteiger partial charge in [-0.1, -0.05) is 32.6 Å². The standard InChI is InChI=1S/C12H25N/c1-4-5-6-7-8-12(9-10-12)11(2)13-3/h11,13H,4-10H2,1-3H3. The molecule has 0 heterocycles. The van der Waals surface area contributed by atoms with E-state index in [9.17, 15) is 0 Å². The number of hydrogen-bond acceptors (Lipinski definition) is 1. The molecule has 1 saturated carbocycles. The summed E-state index contributed by atoms with van der Waals surface area (Å²) < 4.78 is 0. The van der Waals surface area contributed by atoms with Gasteiger partial charge in [0.05, 0.1) is 0 Å². The van der Waals surface area contributed by atoms with Crippen LogP contribution in [0.5, 0.6) is 0 Å². The van der Waals surface area contributed by atoms with Crippen LogP contribution in [0.15, 0.2) is 0 Å². The van der Waals surface area contributed by atoms with Crippen LogP contribution in [0.4, 0.5) is 0 Å².